The molecule has 122 valence electrons. The van der Waals surface area contributed by atoms with Crippen molar-refractivity contribution in [1.29, 1.82) is 0 Å². The second kappa shape index (κ2) is 7.82. The van der Waals surface area contributed by atoms with Gasteiger partial charge < -0.3 is 5.32 Å². The number of carbonyl (C=O) groups excluding carboxylic acids is 1. The van der Waals surface area contributed by atoms with E-state index in [0.29, 0.717) is 18.0 Å². The second-order valence-corrected chi connectivity index (χ2v) is 6.37. The van der Waals surface area contributed by atoms with Gasteiger partial charge in [-0.15, -0.1) is 11.3 Å². The zero-order chi connectivity index (χ0) is 16.8. The molecule has 0 aliphatic heterocycles. The summed E-state index contributed by atoms with van der Waals surface area (Å²) in [4.78, 5) is 27.5. The highest BCUT2D eigenvalue weighted by Gasteiger charge is 2.12. The molecule has 23 heavy (non-hydrogen) atoms. The Morgan fingerprint density at radius 1 is 1.43 bits per heavy atom. The van der Waals surface area contributed by atoms with Crippen LogP contribution >= 0.6 is 11.3 Å². The lowest BCUT2D eigenvalue weighted by Gasteiger charge is -2.00. The number of unbranched alkanes of at least 4 members (excludes halogenated alkanes) is 1. The number of amides is 1. The molecule has 1 heterocycles. The van der Waals surface area contributed by atoms with E-state index in [9.17, 15) is 14.9 Å². The third-order valence-corrected chi connectivity index (χ3v) is 4.46. The lowest BCUT2D eigenvalue weighted by atomic mass is 10.1. The predicted octanol–water partition coefficient (Wildman–Crippen LogP) is 4.08. The van der Waals surface area contributed by atoms with Crippen molar-refractivity contribution in [2.75, 3.05) is 5.32 Å². The summed E-state index contributed by atoms with van der Waals surface area (Å²) in [7, 11) is 0. The van der Waals surface area contributed by atoms with Crippen LogP contribution in [0.4, 0.5) is 10.8 Å². The fourth-order valence-corrected chi connectivity index (χ4v) is 3.14. The molecule has 0 bridgehead atoms. The number of thiazole rings is 1. The maximum atomic E-state index is 11.8. The molecule has 0 radical (unpaired) electrons. The lowest BCUT2D eigenvalue weighted by molar-refractivity contribution is -0.384. The molecule has 1 N–H and O–H groups in total. The number of nitro benzene ring substituents is 1. The van der Waals surface area contributed by atoms with Crippen molar-refractivity contribution in [2.24, 2.45) is 0 Å². The molecule has 1 aromatic heterocycles. The van der Waals surface area contributed by atoms with Gasteiger partial charge in [0.2, 0.25) is 5.91 Å². The maximum absolute atomic E-state index is 11.8. The first-order chi connectivity index (χ1) is 11.0. The van der Waals surface area contributed by atoms with E-state index in [1.807, 2.05) is 19.9 Å². The topological polar surface area (TPSA) is 85.1 Å². The molecule has 0 atom stereocenters. The summed E-state index contributed by atoms with van der Waals surface area (Å²) in [6, 6.07) is 6.57. The highest BCUT2D eigenvalue weighted by Crippen LogP contribution is 2.26. The van der Waals surface area contributed by atoms with E-state index < -0.39 is 4.92 Å². The van der Waals surface area contributed by atoms with Crippen molar-refractivity contribution in [3.05, 3.63) is 50.5 Å². The van der Waals surface area contributed by atoms with E-state index in [1.54, 1.807) is 12.1 Å². The Labute approximate surface area is 138 Å². The van der Waals surface area contributed by atoms with Crippen LogP contribution in [0.15, 0.2) is 24.3 Å². The van der Waals surface area contributed by atoms with E-state index in [4.69, 9.17) is 0 Å². The molecule has 2 aromatic rings. The van der Waals surface area contributed by atoms with E-state index in [1.165, 1.54) is 17.4 Å². The molecule has 0 spiro atoms. The minimum Gasteiger partial charge on any atom is -0.302 e. The largest absolute Gasteiger partial charge is 0.302 e. The molecule has 6 nitrogen and oxygen atoms in total. The molecule has 0 saturated heterocycles. The summed E-state index contributed by atoms with van der Waals surface area (Å²) in [6.45, 7) is 3.92. The zero-order valence-corrected chi connectivity index (χ0v) is 14.0. The van der Waals surface area contributed by atoms with Crippen molar-refractivity contribution >= 4 is 28.1 Å². The molecule has 1 amide bonds. The number of carbonyl (C=O) groups is 1. The number of aromatic nitrogens is 1. The standard InChI is InChI=1S/C16H19N3O3S/c1-3-4-8-15(20)18-16-17-11(2)14(23-16)10-12-6-5-7-13(9-12)19(21)22/h5-7,9H,3-4,8,10H2,1-2H3,(H,17,18,20). The molecule has 0 aliphatic carbocycles. The summed E-state index contributed by atoms with van der Waals surface area (Å²) >= 11 is 1.42. The molecule has 2 rings (SSSR count). The molecule has 0 unspecified atom stereocenters. The van der Waals surface area contributed by atoms with E-state index in [0.717, 1.165) is 29.0 Å². The summed E-state index contributed by atoms with van der Waals surface area (Å²) in [5, 5.41) is 14.2. The molecule has 7 heteroatoms. The number of rotatable bonds is 7. The monoisotopic (exact) mass is 333 g/mol. The lowest BCUT2D eigenvalue weighted by Crippen LogP contribution is -2.10. The van der Waals surface area contributed by atoms with E-state index >= 15 is 0 Å². The first kappa shape index (κ1) is 17.1. The van der Waals surface area contributed by atoms with Crippen LogP contribution in [0.25, 0.3) is 0 Å². The van der Waals surface area contributed by atoms with Crippen LogP contribution in [0, 0.1) is 17.0 Å². The van der Waals surface area contributed by atoms with Gasteiger partial charge in [0.25, 0.3) is 5.69 Å². The van der Waals surface area contributed by atoms with Gasteiger partial charge in [-0.2, -0.15) is 0 Å². The number of aryl methyl sites for hydroxylation is 1. The van der Waals surface area contributed by atoms with Gasteiger partial charge in [-0.05, 0) is 18.9 Å². The van der Waals surface area contributed by atoms with Crippen LogP contribution in [0.1, 0.15) is 42.3 Å². The number of non-ortho nitro benzene ring substituents is 1. The summed E-state index contributed by atoms with van der Waals surface area (Å²) in [5.74, 6) is -0.0255. The zero-order valence-electron chi connectivity index (χ0n) is 13.2. The van der Waals surface area contributed by atoms with Gasteiger partial charge in [0.05, 0.1) is 10.6 Å². The Balaban J connectivity index is 2.08. The number of hydrogen-bond acceptors (Lipinski definition) is 5. The van der Waals surface area contributed by atoms with Gasteiger partial charge in [-0.3, -0.25) is 14.9 Å². The summed E-state index contributed by atoms with van der Waals surface area (Å²) < 4.78 is 0. The van der Waals surface area contributed by atoms with E-state index in [2.05, 4.69) is 10.3 Å². The fourth-order valence-electron chi connectivity index (χ4n) is 2.13. The van der Waals surface area contributed by atoms with Crippen LogP contribution in [-0.2, 0) is 11.2 Å². The predicted molar refractivity (Wildman–Crippen MR) is 90.9 cm³/mol. The van der Waals surface area contributed by atoms with Crippen molar-refractivity contribution < 1.29 is 9.72 Å². The van der Waals surface area contributed by atoms with Crippen LogP contribution in [0.5, 0.6) is 0 Å². The Morgan fingerprint density at radius 3 is 2.91 bits per heavy atom. The minimum atomic E-state index is -0.400. The van der Waals surface area contributed by atoms with Gasteiger partial charge in [-0.1, -0.05) is 25.5 Å². The normalized spacial score (nSPS) is 10.5. The molecule has 1 aromatic carbocycles. The molecule has 0 saturated carbocycles. The Morgan fingerprint density at radius 2 is 2.22 bits per heavy atom. The molecular weight excluding hydrogens is 314 g/mol. The van der Waals surface area contributed by atoms with Crippen LogP contribution in [0.3, 0.4) is 0 Å². The number of nitro groups is 1. The number of nitrogens with zero attached hydrogens (tertiary/aromatic N) is 2. The van der Waals surface area contributed by atoms with Crippen molar-refractivity contribution in [3.63, 3.8) is 0 Å². The van der Waals surface area contributed by atoms with Gasteiger partial charge in [-0.25, -0.2) is 4.98 Å². The third-order valence-electron chi connectivity index (χ3n) is 3.38. The van der Waals surface area contributed by atoms with E-state index in [-0.39, 0.29) is 11.6 Å². The average molecular weight is 333 g/mol. The minimum absolute atomic E-state index is 0.0255. The van der Waals surface area contributed by atoms with Crippen molar-refractivity contribution in [3.8, 4) is 0 Å². The van der Waals surface area contributed by atoms with Crippen LogP contribution in [0.2, 0.25) is 0 Å². The number of hydrogen-bond donors (Lipinski definition) is 1. The first-order valence-electron chi connectivity index (χ1n) is 7.49. The van der Waals surface area contributed by atoms with Gasteiger partial charge in [0, 0.05) is 29.9 Å². The SMILES string of the molecule is CCCCC(=O)Nc1nc(C)c(Cc2cccc([N+](=O)[O-])c2)s1. The maximum Gasteiger partial charge on any atom is 0.269 e. The average Bonchev–Trinajstić information content (AvgIpc) is 2.85. The van der Waals surface area contributed by atoms with Crippen molar-refractivity contribution in [2.45, 2.75) is 39.5 Å². The number of anilines is 1. The Kier molecular flexibility index (Phi) is 5.81. The third kappa shape index (κ3) is 4.85. The highest BCUT2D eigenvalue weighted by molar-refractivity contribution is 7.15. The second-order valence-electron chi connectivity index (χ2n) is 5.28. The summed E-state index contributed by atoms with van der Waals surface area (Å²) in [6.07, 6.45) is 2.89. The highest BCUT2D eigenvalue weighted by atomic mass is 32.1. The van der Waals surface area contributed by atoms with Crippen molar-refractivity contribution in [1.82, 2.24) is 4.98 Å². The van der Waals surface area contributed by atoms with Crippen LogP contribution in [-0.4, -0.2) is 15.8 Å². The van der Waals surface area contributed by atoms with Crippen LogP contribution < -0.4 is 5.32 Å². The Hall–Kier alpha value is -2.28. The van der Waals surface area contributed by atoms with Gasteiger partial charge in [0.15, 0.2) is 5.13 Å². The van der Waals surface area contributed by atoms with Gasteiger partial charge >= 0.3 is 0 Å². The quantitative estimate of drug-likeness (QED) is 0.611. The smallest absolute Gasteiger partial charge is 0.269 e. The molecular formula is C16H19N3O3S. The first-order valence-corrected chi connectivity index (χ1v) is 8.30. The summed E-state index contributed by atoms with van der Waals surface area (Å²) in [5.41, 5.74) is 1.78. The van der Waals surface area contributed by atoms with Gasteiger partial charge in [0.1, 0.15) is 0 Å². The molecule has 0 aliphatic rings. The fraction of sp³-hybridized carbons (Fsp3) is 0.375. The number of benzene rings is 1. The molecule has 0 fully saturated rings. The Bertz CT molecular complexity index is 712. The number of nitrogens with one attached hydrogen (secondary N) is 1.